The largest absolute Gasteiger partial charge is 0.367 e. The molecule has 4 bridgehead atoms. The Morgan fingerprint density at radius 1 is 0.733 bits per heavy atom. The smallest absolute Gasteiger partial charge is 0.154 e. The molecule has 0 aromatic carbocycles. The van der Waals surface area contributed by atoms with E-state index in [1.165, 1.54) is 25.7 Å². The Bertz CT molecular complexity index is 1860. The van der Waals surface area contributed by atoms with Crippen LogP contribution in [-0.2, 0) is 0 Å². The van der Waals surface area contributed by atoms with Crippen molar-refractivity contribution in [2.24, 2.45) is 0 Å². The van der Waals surface area contributed by atoms with Crippen LogP contribution in [0.25, 0.3) is 27.5 Å². The van der Waals surface area contributed by atoms with Crippen LogP contribution in [0, 0.1) is 6.92 Å². The molecule has 5 aromatic heterocycles. The fraction of sp³-hybridized carbons (Fsp3) is 0.441. The third kappa shape index (κ3) is 5.13. The van der Waals surface area contributed by atoms with Gasteiger partial charge in [-0.15, -0.1) is 5.10 Å². The van der Waals surface area contributed by atoms with Crippen molar-refractivity contribution in [3.8, 4) is 5.69 Å². The molecule has 9 rings (SSSR count). The summed E-state index contributed by atoms with van der Waals surface area (Å²) < 4.78 is 1.92. The zero-order valence-corrected chi connectivity index (χ0v) is 25.5. The van der Waals surface area contributed by atoms with E-state index in [1.807, 2.05) is 47.5 Å². The van der Waals surface area contributed by atoms with Crippen molar-refractivity contribution < 1.29 is 0 Å². The molecule has 230 valence electrons. The topological polar surface area (TPSA) is 130 Å². The van der Waals surface area contributed by atoms with Gasteiger partial charge < -0.3 is 26.6 Å². The first-order chi connectivity index (χ1) is 22.1. The van der Waals surface area contributed by atoms with Gasteiger partial charge >= 0.3 is 0 Å². The maximum absolute atomic E-state index is 5.04. The monoisotopic (exact) mass is 601 g/mol. The van der Waals surface area contributed by atoms with Gasteiger partial charge in [0.05, 0.1) is 11.7 Å². The molecule has 4 saturated heterocycles. The quantitative estimate of drug-likeness (QED) is 0.170. The number of aromatic nitrogens is 6. The Hall–Kier alpha value is -4.35. The van der Waals surface area contributed by atoms with Gasteiger partial charge in [-0.1, -0.05) is 0 Å². The molecule has 5 aromatic rings. The number of hydrogen-bond donors (Lipinski definition) is 5. The van der Waals surface area contributed by atoms with Crippen LogP contribution in [0.4, 0.5) is 23.3 Å². The molecular weight excluding hydrogens is 562 g/mol. The standard InChI is InChI=1S/C34H39N11/c1-19-12-31(42-30-17-28-26(4-2-10-35-28)34(43-30)41-25-15-22-8-9-23(16-25)39-22)44-45(19)29-18-37-33(27-5-3-11-36-32(27)29)40-24-13-20-6-7-21(14-24)38-20/h2-5,10-12,17-18,20-25,38-39H,6-9,13-16H2,1H3,(H,37,40)(H2,41,42,43,44)/t20-,21+,22-,23+,24?,25-. The summed E-state index contributed by atoms with van der Waals surface area (Å²) in [4.78, 5) is 19.4. The average Bonchev–Trinajstić information content (AvgIpc) is 3.71. The van der Waals surface area contributed by atoms with E-state index >= 15 is 0 Å². The normalized spacial score (nSPS) is 27.2. The number of aryl methyl sites for hydroxylation is 1. The predicted molar refractivity (Wildman–Crippen MR) is 177 cm³/mol. The molecule has 0 amide bonds. The number of fused-ring (bicyclic) bond motifs is 6. The Balaban J connectivity index is 1.00. The predicted octanol–water partition coefficient (Wildman–Crippen LogP) is 5.20. The van der Waals surface area contributed by atoms with E-state index in [0.717, 1.165) is 70.5 Å². The van der Waals surface area contributed by atoms with Crippen LogP contribution in [-0.4, -0.2) is 66.0 Å². The van der Waals surface area contributed by atoms with Gasteiger partial charge in [0.2, 0.25) is 0 Å². The minimum Gasteiger partial charge on any atom is -0.367 e. The van der Waals surface area contributed by atoms with E-state index in [0.29, 0.717) is 47.9 Å². The van der Waals surface area contributed by atoms with Gasteiger partial charge in [-0.25, -0.2) is 14.6 Å². The van der Waals surface area contributed by atoms with Gasteiger partial charge in [-0.3, -0.25) is 9.97 Å². The maximum Gasteiger partial charge on any atom is 0.154 e. The summed E-state index contributed by atoms with van der Waals surface area (Å²) >= 11 is 0. The highest BCUT2D eigenvalue weighted by Gasteiger charge is 2.35. The lowest BCUT2D eigenvalue weighted by Crippen LogP contribution is -2.43. The van der Waals surface area contributed by atoms with Crippen LogP contribution in [0.15, 0.2) is 55.0 Å². The fourth-order valence-electron chi connectivity index (χ4n) is 8.22. The lowest BCUT2D eigenvalue weighted by molar-refractivity contribution is 0.377. The van der Waals surface area contributed by atoms with Crippen LogP contribution in [0.3, 0.4) is 0 Å². The van der Waals surface area contributed by atoms with Gasteiger partial charge in [0.1, 0.15) is 28.7 Å². The second-order valence-electron chi connectivity index (χ2n) is 13.4. The fourth-order valence-corrected chi connectivity index (χ4v) is 8.22. The second-order valence-corrected chi connectivity index (χ2v) is 13.4. The molecule has 0 aliphatic carbocycles. The summed E-state index contributed by atoms with van der Waals surface area (Å²) in [5.74, 6) is 3.18. The third-order valence-corrected chi connectivity index (χ3v) is 10.2. The zero-order valence-electron chi connectivity index (χ0n) is 25.5. The number of rotatable bonds is 7. The number of nitrogens with one attached hydrogen (secondary N) is 5. The zero-order chi connectivity index (χ0) is 29.9. The van der Waals surface area contributed by atoms with Gasteiger partial charge in [-0.2, -0.15) is 0 Å². The van der Waals surface area contributed by atoms with Crippen LogP contribution < -0.4 is 26.6 Å². The first kappa shape index (κ1) is 27.0. The highest BCUT2D eigenvalue weighted by molar-refractivity contribution is 5.94. The van der Waals surface area contributed by atoms with Crippen molar-refractivity contribution in [3.63, 3.8) is 0 Å². The molecule has 9 heterocycles. The maximum atomic E-state index is 5.04. The second kappa shape index (κ2) is 10.9. The molecule has 4 aliphatic heterocycles. The van der Waals surface area contributed by atoms with Crippen molar-refractivity contribution in [2.45, 2.75) is 94.5 Å². The average molecular weight is 602 g/mol. The summed E-state index contributed by atoms with van der Waals surface area (Å²) in [6, 6.07) is 15.4. The Kier molecular flexibility index (Phi) is 6.55. The van der Waals surface area contributed by atoms with Crippen molar-refractivity contribution in [1.82, 2.24) is 40.3 Å². The van der Waals surface area contributed by atoms with E-state index in [-0.39, 0.29) is 0 Å². The van der Waals surface area contributed by atoms with Crippen molar-refractivity contribution in [3.05, 3.63) is 60.7 Å². The van der Waals surface area contributed by atoms with E-state index < -0.39 is 0 Å². The summed E-state index contributed by atoms with van der Waals surface area (Å²) in [6.45, 7) is 2.05. The molecular formula is C34H39N11. The summed E-state index contributed by atoms with van der Waals surface area (Å²) in [6.07, 6.45) is 15.1. The van der Waals surface area contributed by atoms with Crippen LogP contribution in [0.1, 0.15) is 57.1 Å². The molecule has 11 nitrogen and oxygen atoms in total. The van der Waals surface area contributed by atoms with E-state index in [2.05, 4.69) is 50.6 Å². The summed E-state index contributed by atoms with van der Waals surface area (Å²) in [5.41, 5.74) is 3.60. The summed E-state index contributed by atoms with van der Waals surface area (Å²) in [5, 5.41) is 25.5. The molecule has 11 heteroatoms. The SMILES string of the molecule is Cc1cc(Nc2cc3ncccc3c(N[C@@H]3C[C@H]4CC[C@@H](C3)N4)n2)nn1-c1cnc(NC2C[C@H]3CC[C@@H](C2)N3)c2cccnc12. The molecule has 4 aliphatic rings. The highest BCUT2D eigenvalue weighted by Crippen LogP contribution is 2.34. The highest BCUT2D eigenvalue weighted by atomic mass is 15.3. The molecule has 5 N–H and O–H groups in total. The number of nitrogens with zero attached hydrogens (tertiary/aromatic N) is 6. The molecule has 0 saturated carbocycles. The minimum absolute atomic E-state index is 0.395. The van der Waals surface area contributed by atoms with Gasteiger partial charge in [0.25, 0.3) is 0 Å². The molecule has 1 unspecified atom stereocenters. The van der Waals surface area contributed by atoms with Crippen LogP contribution in [0.5, 0.6) is 0 Å². The number of pyridine rings is 4. The molecule has 0 radical (unpaired) electrons. The summed E-state index contributed by atoms with van der Waals surface area (Å²) in [7, 11) is 0. The van der Waals surface area contributed by atoms with Crippen molar-refractivity contribution in [2.75, 3.05) is 16.0 Å². The minimum atomic E-state index is 0.395. The van der Waals surface area contributed by atoms with Crippen LogP contribution >= 0.6 is 0 Å². The number of piperidine rings is 2. The first-order valence-corrected chi connectivity index (χ1v) is 16.5. The third-order valence-electron chi connectivity index (χ3n) is 10.2. The van der Waals surface area contributed by atoms with E-state index in [1.54, 1.807) is 0 Å². The first-order valence-electron chi connectivity index (χ1n) is 16.5. The Morgan fingerprint density at radius 2 is 1.38 bits per heavy atom. The van der Waals surface area contributed by atoms with Crippen LogP contribution in [0.2, 0.25) is 0 Å². The number of hydrogen-bond acceptors (Lipinski definition) is 10. The molecule has 6 atom stereocenters. The van der Waals surface area contributed by atoms with Gasteiger partial charge in [0, 0.05) is 77.2 Å². The Labute approximate surface area is 262 Å². The lowest BCUT2D eigenvalue weighted by atomic mass is 9.99. The molecule has 0 spiro atoms. The Morgan fingerprint density at radius 3 is 2.09 bits per heavy atom. The van der Waals surface area contributed by atoms with E-state index in [9.17, 15) is 0 Å². The molecule has 4 fully saturated rings. The van der Waals surface area contributed by atoms with Crippen molar-refractivity contribution in [1.29, 1.82) is 0 Å². The van der Waals surface area contributed by atoms with E-state index in [4.69, 9.17) is 20.1 Å². The van der Waals surface area contributed by atoms with Gasteiger partial charge in [-0.05, 0) is 82.6 Å². The lowest BCUT2D eigenvalue weighted by Gasteiger charge is -2.30. The van der Waals surface area contributed by atoms with Crippen molar-refractivity contribution >= 4 is 45.1 Å². The number of anilines is 4. The molecule has 45 heavy (non-hydrogen) atoms. The van der Waals surface area contributed by atoms with Gasteiger partial charge in [0.15, 0.2) is 5.82 Å².